The fourth-order valence-electron chi connectivity index (χ4n) is 3.97. The summed E-state index contributed by atoms with van der Waals surface area (Å²) in [6, 6.07) is 6.56. The Morgan fingerprint density at radius 3 is 2.52 bits per heavy atom. The molecule has 7 heteroatoms. The molecule has 0 aliphatic carbocycles. The summed E-state index contributed by atoms with van der Waals surface area (Å²) >= 11 is 6.03. The third-order valence-corrected chi connectivity index (χ3v) is 5.73. The van der Waals surface area contributed by atoms with Gasteiger partial charge in [0.15, 0.2) is 0 Å². The van der Waals surface area contributed by atoms with Crippen molar-refractivity contribution in [1.82, 2.24) is 14.9 Å². The molecule has 0 N–H and O–H groups in total. The van der Waals surface area contributed by atoms with Crippen LogP contribution in [0.1, 0.15) is 32.1 Å². The lowest BCUT2D eigenvalue weighted by molar-refractivity contribution is 0.141. The summed E-state index contributed by atoms with van der Waals surface area (Å²) in [4.78, 5) is 13.5. The van der Waals surface area contributed by atoms with Gasteiger partial charge in [0.2, 0.25) is 5.88 Å². The van der Waals surface area contributed by atoms with Crippen molar-refractivity contribution in [2.75, 3.05) is 31.1 Å². The van der Waals surface area contributed by atoms with Gasteiger partial charge in [0.1, 0.15) is 23.7 Å². The molecule has 4 rings (SSSR count). The first-order chi connectivity index (χ1) is 13.2. The Balaban J connectivity index is 1.39. The highest BCUT2D eigenvalue weighted by Gasteiger charge is 2.26. The first kappa shape index (κ1) is 18.4. The lowest BCUT2D eigenvalue weighted by atomic mass is 10.00. The van der Waals surface area contributed by atoms with E-state index in [9.17, 15) is 4.39 Å². The Morgan fingerprint density at radius 2 is 1.78 bits per heavy atom. The average Bonchev–Trinajstić information content (AvgIpc) is 2.71. The van der Waals surface area contributed by atoms with Crippen molar-refractivity contribution in [2.45, 2.75) is 38.1 Å². The maximum absolute atomic E-state index is 13.2. The fourth-order valence-corrected chi connectivity index (χ4v) is 4.18. The van der Waals surface area contributed by atoms with Gasteiger partial charge in [-0.05, 0) is 57.0 Å². The van der Waals surface area contributed by atoms with Crippen LogP contribution in [0.15, 0.2) is 30.6 Å². The number of hydrogen-bond acceptors (Lipinski definition) is 5. The molecule has 0 saturated carbocycles. The molecule has 0 bridgehead atoms. The van der Waals surface area contributed by atoms with Gasteiger partial charge in [-0.3, -0.25) is 0 Å². The Hall–Kier alpha value is -1.92. The smallest absolute Gasteiger partial charge is 0.224 e. The number of rotatable bonds is 4. The van der Waals surface area contributed by atoms with Crippen LogP contribution in [-0.2, 0) is 0 Å². The van der Waals surface area contributed by atoms with Crippen molar-refractivity contribution < 1.29 is 9.13 Å². The molecule has 2 aliphatic rings. The van der Waals surface area contributed by atoms with Crippen molar-refractivity contribution in [3.05, 3.63) is 41.4 Å². The third-order valence-electron chi connectivity index (χ3n) is 5.43. The van der Waals surface area contributed by atoms with Crippen LogP contribution >= 0.6 is 11.6 Å². The molecule has 0 spiro atoms. The predicted octanol–water partition coefficient (Wildman–Crippen LogP) is 4.52. The lowest BCUT2D eigenvalue weighted by Crippen LogP contribution is -2.46. The Kier molecular flexibility index (Phi) is 5.74. The molecule has 1 aromatic carbocycles. The molecule has 0 amide bonds. The predicted molar refractivity (Wildman–Crippen MR) is 104 cm³/mol. The van der Waals surface area contributed by atoms with Gasteiger partial charge in [-0.15, -0.1) is 0 Å². The molecule has 2 fully saturated rings. The van der Waals surface area contributed by atoms with Crippen LogP contribution in [0.4, 0.5) is 10.2 Å². The third kappa shape index (κ3) is 4.50. The zero-order chi connectivity index (χ0) is 18.6. The molecule has 2 saturated heterocycles. The van der Waals surface area contributed by atoms with Crippen molar-refractivity contribution in [3.63, 3.8) is 0 Å². The minimum Gasteiger partial charge on any atom is -0.437 e. The van der Waals surface area contributed by atoms with Gasteiger partial charge < -0.3 is 14.5 Å². The number of halogens is 2. The van der Waals surface area contributed by atoms with Crippen LogP contribution in [0.25, 0.3) is 0 Å². The van der Waals surface area contributed by atoms with E-state index in [-0.39, 0.29) is 5.02 Å². The topological polar surface area (TPSA) is 41.5 Å². The average molecular weight is 391 g/mol. The number of ether oxygens (including phenoxy) is 1. The summed E-state index contributed by atoms with van der Waals surface area (Å²) in [7, 11) is 0. The van der Waals surface area contributed by atoms with E-state index in [0.717, 1.165) is 31.7 Å². The summed E-state index contributed by atoms with van der Waals surface area (Å²) in [5.41, 5.74) is 0. The van der Waals surface area contributed by atoms with Crippen molar-refractivity contribution in [2.24, 2.45) is 0 Å². The van der Waals surface area contributed by atoms with E-state index in [1.807, 2.05) is 6.07 Å². The highest BCUT2D eigenvalue weighted by Crippen LogP contribution is 2.30. The summed E-state index contributed by atoms with van der Waals surface area (Å²) in [5, 5.41) is 0.220. The highest BCUT2D eigenvalue weighted by atomic mass is 35.5. The van der Waals surface area contributed by atoms with E-state index in [1.54, 1.807) is 0 Å². The Labute approximate surface area is 164 Å². The van der Waals surface area contributed by atoms with Crippen molar-refractivity contribution in [3.8, 4) is 11.6 Å². The second-order valence-corrected chi connectivity index (χ2v) is 7.61. The second kappa shape index (κ2) is 8.40. The standard InChI is InChI=1S/C20H24ClFN4O/c21-17-12-15(22)4-5-18(17)27-20-13-19(23-14-24-20)26-10-6-16(7-11-26)25-8-2-1-3-9-25/h4-5,12-14,16H,1-3,6-11H2. The molecule has 1 aromatic heterocycles. The number of anilines is 1. The number of piperidine rings is 2. The Morgan fingerprint density at radius 1 is 1.00 bits per heavy atom. The largest absolute Gasteiger partial charge is 0.437 e. The van der Waals surface area contributed by atoms with Gasteiger partial charge in [-0.2, -0.15) is 0 Å². The molecular weight excluding hydrogens is 367 g/mol. The van der Waals surface area contributed by atoms with E-state index in [0.29, 0.717) is 17.7 Å². The first-order valence-corrected chi connectivity index (χ1v) is 10.0. The Bertz CT molecular complexity index is 776. The summed E-state index contributed by atoms with van der Waals surface area (Å²) in [6.07, 6.45) is 7.85. The monoisotopic (exact) mass is 390 g/mol. The number of hydrogen-bond donors (Lipinski definition) is 0. The number of benzene rings is 1. The second-order valence-electron chi connectivity index (χ2n) is 7.21. The molecule has 5 nitrogen and oxygen atoms in total. The summed E-state index contributed by atoms with van der Waals surface area (Å²) in [5.74, 6) is 1.25. The van der Waals surface area contributed by atoms with E-state index >= 15 is 0 Å². The lowest BCUT2D eigenvalue weighted by Gasteiger charge is -2.40. The van der Waals surface area contributed by atoms with Crippen LogP contribution in [0.3, 0.4) is 0 Å². The quantitative estimate of drug-likeness (QED) is 0.767. The van der Waals surface area contributed by atoms with Crippen LogP contribution in [0.5, 0.6) is 11.6 Å². The molecule has 2 aromatic rings. The minimum atomic E-state index is -0.396. The normalized spacial score (nSPS) is 19.3. The molecule has 144 valence electrons. The molecule has 0 radical (unpaired) electrons. The van der Waals surface area contributed by atoms with Gasteiger partial charge in [-0.25, -0.2) is 14.4 Å². The van der Waals surface area contributed by atoms with Crippen LogP contribution in [0.2, 0.25) is 5.02 Å². The first-order valence-electron chi connectivity index (χ1n) is 9.63. The highest BCUT2D eigenvalue weighted by molar-refractivity contribution is 6.32. The summed E-state index contributed by atoms with van der Waals surface area (Å²) in [6.45, 7) is 4.45. The zero-order valence-corrected chi connectivity index (χ0v) is 16.0. The molecule has 27 heavy (non-hydrogen) atoms. The SMILES string of the molecule is Fc1ccc(Oc2cc(N3CCC(N4CCCCC4)CC3)ncn2)c(Cl)c1. The molecule has 0 unspecified atom stereocenters. The van der Waals surface area contributed by atoms with E-state index in [4.69, 9.17) is 16.3 Å². The maximum atomic E-state index is 13.2. The number of nitrogens with zero attached hydrogens (tertiary/aromatic N) is 4. The number of aromatic nitrogens is 2. The van der Waals surface area contributed by atoms with E-state index in [1.165, 1.54) is 56.9 Å². The van der Waals surface area contributed by atoms with Crippen LogP contribution in [-0.4, -0.2) is 47.1 Å². The van der Waals surface area contributed by atoms with Crippen LogP contribution in [0, 0.1) is 5.82 Å². The van der Waals surface area contributed by atoms with Crippen LogP contribution < -0.4 is 9.64 Å². The van der Waals surface area contributed by atoms with Gasteiger partial charge in [-0.1, -0.05) is 18.0 Å². The molecule has 3 heterocycles. The molecular formula is C20H24ClFN4O. The van der Waals surface area contributed by atoms with Gasteiger partial charge in [0.25, 0.3) is 0 Å². The molecule has 0 atom stereocenters. The van der Waals surface area contributed by atoms with Gasteiger partial charge in [0, 0.05) is 25.2 Å². The van der Waals surface area contributed by atoms with Crippen molar-refractivity contribution >= 4 is 17.4 Å². The van der Waals surface area contributed by atoms with Crippen molar-refractivity contribution in [1.29, 1.82) is 0 Å². The van der Waals surface area contributed by atoms with E-state index in [2.05, 4.69) is 19.8 Å². The molecule has 2 aliphatic heterocycles. The van der Waals surface area contributed by atoms with E-state index < -0.39 is 5.82 Å². The summed E-state index contributed by atoms with van der Waals surface area (Å²) < 4.78 is 18.9. The van der Waals surface area contributed by atoms with Gasteiger partial charge >= 0.3 is 0 Å². The fraction of sp³-hybridized carbons (Fsp3) is 0.500. The minimum absolute atomic E-state index is 0.220. The van der Waals surface area contributed by atoms with Gasteiger partial charge in [0.05, 0.1) is 5.02 Å². The zero-order valence-electron chi connectivity index (χ0n) is 15.3. The maximum Gasteiger partial charge on any atom is 0.224 e. The number of likely N-dealkylation sites (tertiary alicyclic amines) is 1.